The second kappa shape index (κ2) is 8.53. The highest BCUT2D eigenvalue weighted by Crippen LogP contribution is 2.21. The van der Waals surface area contributed by atoms with Gasteiger partial charge in [-0.1, -0.05) is 47.6 Å². The molecule has 1 heterocycles. The van der Waals surface area contributed by atoms with Gasteiger partial charge in [-0.15, -0.1) is 10.2 Å². The van der Waals surface area contributed by atoms with Crippen molar-refractivity contribution in [3.8, 4) is 0 Å². The van der Waals surface area contributed by atoms with Crippen LogP contribution in [0.5, 0.6) is 0 Å². The van der Waals surface area contributed by atoms with Crippen molar-refractivity contribution in [1.29, 1.82) is 0 Å². The topological polar surface area (TPSA) is 54.8 Å². The number of nitrogens with one attached hydrogen (secondary N) is 2. The first-order valence-corrected chi connectivity index (χ1v) is 9.71. The van der Waals surface area contributed by atoms with Crippen LogP contribution in [0.2, 0.25) is 5.02 Å². The molecule has 1 aromatic heterocycles. The Morgan fingerprint density at radius 3 is 2.73 bits per heavy atom. The van der Waals surface area contributed by atoms with E-state index in [4.69, 9.17) is 23.8 Å². The molecule has 3 aromatic rings. The van der Waals surface area contributed by atoms with E-state index in [0.717, 1.165) is 32.7 Å². The third kappa shape index (κ3) is 4.75. The molecule has 2 N–H and O–H groups in total. The molecule has 0 atom stereocenters. The van der Waals surface area contributed by atoms with E-state index in [9.17, 15) is 0 Å². The SMILES string of the molecule is Cc1cccc(NC(=S)Nn2cnnc2SCc2ccc(Cl)cc2)c1C. The summed E-state index contributed by atoms with van der Waals surface area (Å²) in [5.74, 6) is 0.759. The van der Waals surface area contributed by atoms with Gasteiger partial charge in [0.15, 0.2) is 5.11 Å². The summed E-state index contributed by atoms with van der Waals surface area (Å²) in [6.45, 7) is 4.13. The van der Waals surface area contributed by atoms with Gasteiger partial charge in [0, 0.05) is 16.5 Å². The lowest BCUT2D eigenvalue weighted by atomic mass is 10.1. The van der Waals surface area contributed by atoms with Gasteiger partial charge in [0.05, 0.1) is 0 Å². The molecule has 0 saturated heterocycles. The number of thioether (sulfide) groups is 1. The molecule has 0 aliphatic carbocycles. The van der Waals surface area contributed by atoms with Crippen molar-refractivity contribution in [3.63, 3.8) is 0 Å². The number of nitrogens with zero attached hydrogens (tertiary/aromatic N) is 3. The Bertz CT molecular complexity index is 908. The zero-order valence-corrected chi connectivity index (χ0v) is 16.8. The molecule has 0 bridgehead atoms. The van der Waals surface area contributed by atoms with Gasteiger partial charge in [0.2, 0.25) is 5.16 Å². The first kappa shape index (κ1) is 18.7. The van der Waals surface area contributed by atoms with Gasteiger partial charge in [-0.3, -0.25) is 5.43 Å². The molecule has 0 amide bonds. The summed E-state index contributed by atoms with van der Waals surface area (Å²) in [5, 5.41) is 13.3. The molecule has 0 aliphatic heterocycles. The van der Waals surface area contributed by atoms with E-state index in [2.05, 4.69) is 40.9 Å². The fourth-order valence-electron chi connectivity index (χ4n) is 2.27. The van der Waals surface area contributed by atoms with Crippen LogP contribution in [0.15, 0.2) is 53.9 Å². The van der Waals surface area contributed by atoms with Crippen LogP contribution in [-0.2, 0) is 5.75 Å². The molecular weight excluding hydrogens is 386 g/mol. The molecule has 8 heteroatoms. The molecule has 2 aromatic carbocycles. The summed E-state index contributed by atoms with van der Waals surface area (Å²) in [4.78, 5) is 0. The maximum atomic E-state index is 5.92. The predicted octanol–water partition coefficient (Wildman–Crippen LogP) is 4.78. The van der Waals surface area contributed by atoms with Gasteiger partial charge < -0.3 is 5.32 Å². The summed E-state index contributed by atoms with van der Waals surface area (Å²) in [6.07, 6.45) is 1.60. The Kier molecular flexibility index (Phi) is 6.13. The predicted molar refractivity (Wildman–Crippen MR) is 113 cm³/mol. The maximum absolute atomic E-state index is 5.92. The number of hydrogen-bond acceptors (Lipinski definition) is 4. The molecule has 0 radical (unpaired) electrons. The fraction of sp³-hybridized carbons (Fsp3) is 0.167. The van der Waals surface area contributed by atoms with E-state index in [1.54, 1.807) is 22.8 Å². The number of thiocarbonyl (C=S) groups is 1. The molecule has 5 nitrogen and oxygen atoms in total. The van der Waals surface area contributed by atoms with E-state index in [-0.39, 0.29) is 0 Å². The molecule has 0 spiro atoms. The van der Waals surface area contributed by atoms with Crippen LogP contribution in [0.25, 0.3) is 0 Å². The van der Waals surface area contributed by atoms with E-state index < -0.39 is 0 Å². The number of benzene rings is 2. The lowest BCUT2D eigenvalue weighted by Gasteiger charge is -2.14. The molecule has 0 fully saturated rings. The van der Waals surface area contributed by atoms with E-state index >= 15 is 0 Å². The van der Waals surface area contributed by atoms with E-state index in [0.29, 0.717) is 5.11 Å². The van der Waals surface area contributed by atoms with Gasteiger partial charge in [-0.05, 0) is 61.0 Å². The largest absolute Gasteiger partial charge is 0.331 e. The number of hydrogen-bond donors (Lipinski definition) is 2. The van der Waals surface area contributed by atoms with Crippen molar-refractivity contribution in [1.82, 2.24) is 14.9 Å². The van der Waals surface area contributed by atoms with Crippen molar-refractivity contribution in [2.75, 3.05) is 10.7 Å². The summed E-state index contributed by atoms with van der Waals surface area (Å²) in [7, 11) is 0. The molecular formula is C18H18ClN5S2. The highest BCUT2D eigenvalue weighted by Gasteiger charge is 2.08. The Hall–Kier alpha value is -2.09. The number of rotatable bonds is 5. The summed E-state index contributed by atoms with van der Waals surface area (Å²) < 4.78 is 1.71. The minimum Gasteiger partial charge on any atom is -0.331 e. The first-order chi connectivity index (χ1) is 12.5. The summed E-state index contributed by atoms with van der Waals surface area (Å²) in [5.41, 5.74) is 7.61. The Balaban J connectivity index is 1.62. The van der Waals surface area contributed by atoms with Crippen molar-refractivity contribution in [2.24, 2.45) is 0 Å². The third-order valence-corrected chi connectivity index (χ3v) is 5.33. The van der Waals surface area contributed by atoms with E-state index in [1.807, 2.05) is 36.4 Å². The average Bonchev–Trinajstić information content (AvgIpc) is 3.05. The van der Waals surface area contributed by atoms with Crippen LogP contribution < -0.4 is 10.7 Å². The Morgan fingerprint density at radius 1 is 1.19 bits per heavy atom. The number of halogens is 1. The minimum absolute atomic E-state index is 0.479. The molecule has 0 unspecified atom stereocenters. The van der Waals surface area contributed by atoms with E-state index in [1.165, 1.54) is 5.56 Å². The van der Waals surface area contributed by atoms with Gasteiger partial charge in [-0.25, -0.2) is 4.68 Å². The minimum atomic E-state index is 0.479. The van der Waals surface area contributed by atoms with Crippen LogP contribution in [0.1, 0.15) is 16.7 Å². The molecule has 0 saturated carbocycles. The molecule has 3 rings (SSSR count). The quantitative estimate of drug-likeness (QED) is 0.472. The Labute approximate surface area is 167 Å². The van der Waals surface area contributed by atoms with Crippen LogP contribution in [0, 0.1) is 13.8 Å². The fourth-order valence-corrected chi connectivity index (χ4v) is 3.43. The number of aromatic nitrogens is 3. The standard InChI is InChI=1S/C18H18ClN5S2/c1-12-4-3-5-16(13(12)2)21-17(25)23-24-11-20-22-18(24)26-10-14-6-8-15(19)9-7-14/h3-9,11H,10H2,1-2H3,(H2,21,23,25). The van der Waals surface area contributed by atoms with Gasteiger partial charge in [0.25, 0.3) is 0 Å². The Morgan fingerprint density at radius 2 is 1.96 bits per heavy atom. The molecule has 26 heavy (non-hydrogen) atoms. The van der Waals surface area contributed by atoms with Crippen LogP contribution in [0.4, 0.5) is 5.69 Å². The van der Waals surface area contributed by atoms with Crippen molar-refractivity contribution in [2.45, 2.75) is 24.8 Å². The third-order valence-electron chi connectivity index (χ3n) is 3.87. The summed E-state index contributed by atoms with van der Waals surface area (Å²) in [6, 6.07) is 13.8. The summed E-state index contributed by atoms with van der Waals surface area (Å²) >= 11 is 12.9. The zero-order chi connectivity index (χ0) is 18.5. The lowest BCUT2D eigenvalue weighted by molar-refractivity contribution is 0.833. The maximum Gasteiger partial charge on any atom is 0.210 e. The molecule has 134 valence electrons. The second-order valence-corrected chi connectivity index (χ2v) is 7.50. The van der Waals surface area contributed by atoms with Crippen molar-refractivity contribution >= 4 is 46.4 Å². The highest BCUT2D eigenvalue weighted by molar-refractivity contribution is 7.98. The number of aryl methyl sites for hydroxylation is 1. The van der Waals surface area contributed by atoms with Gasteiger partial charge in [0.1, 0.15) is 6.33 Å². The zero-order valence-electron chi connectivity index (χ0n) is 14.4. The normalized spacial score (nSPS) is 10.6. The second-order valence-electron chi connectivity index (χ2n) is 5.71. The number of anilines is 1. The molecule has 0 aliphatic rings. The average molecular weight is 404 g/mol. The van der Waals surface area contributed by atoms with Crippen LogP contribution >= 0.6 is 35.6 Å². The van der Waals surface area contributed by atoms with Gasteiger partial charge >= 0.3 is 0 Å². The van der Waals surface area contributed by atoms with Crippen LogP contribution in [0.3, 0.4) is 0 Å². The van der Waals surface area contributed by atoms with Crippen molar-refractivity contribution < 1.29 is 0 Å². The first-order valence-electron chi connectivity index (χ1n) is 7.94. The smallest absolute Gasteiger partial charge is 0.210 e. The van der Waals surface area contributed by atoms with Gasteiger partial charge in [-0.2, -0.15) is 0 Å². The van der Waals surface area contributed by atoms with Crippen LogP contribution in [-0.4, -0.2) is 20.0 Å². The lowest BCUT2D eigenvalue weighted by Crippen LogP contribution is -2.27. The monoisotopic (exact) mass is 403 g/mol. The van der Waals surface area contributed by atoms with Crippen molar-refractivity contribution in [3.05, 3.63) is 70.5 Å². The highest BCUT2D eigenvalue weighted by atomic mass is 35.5.